The van der Waals surface area contributed by atoms with Crippen LogP contribution >= 0.6 is 0 Å². The Hall–Kier alpha value is -2.72. The van der Waals surface area contributed by atoms with E-state index in [9.17, 15) is 29.1 Å². The summed E-state index contributed by atoms with van der Waals surface area (Å²) in [5.41, 5.74) is 0.589. The number of aromatic nitrogens is 4. The van der Waals surface area contributed by atoms with Crippen molar-refractivity contribution in [2.24, 2.45) is 0 Å². The van der Waals surface area contributed by atoms with Crippen molar-refractivity contribution >= 4 is 51.6 Å². The average molecular weight is 1050 g/mol. The second kappa shape index (κ2) is 22.8. The van der Waals surface area contributed by atoms with Crippen LogP contribution in [0.4, 0.5) is 0 Å². The molecule has 0 amide bonds. The highest BCUT2D eigenvalue weighted by Crippen LogP contribution is 2.50. The van der Waals surface area contributed by atoms with E-state index in [1.807, 2.05) is 0 Å². The van der Waals surface area contributed by atoms with E-state index in [4.69, 9.17) is 35.4 Å². The van der Waals surface area contributed by atoms with Gasteiger partial charge in [0.15, 0.2) is 6.23 Å². The molecule has 2 aromatic rings. The van der Waals surface area contributed by atoms with E-state index < -0.39 is 88.6 Å². The summed E-state index contributed by atoms with van der Waals surface area (Å²) in [6, 6.07) is 3.17. The highest BCUT2D eigenvalue weighted by atomic mass is 28.5. The molecule has 6 heterocycles. The third kappa shape index (κ3) is 11.5. The third-order valence-corrected chi connectivity index (χ3v) is 34.8. The van der Waals surface area contributed by atoms with E-state index >= 15 is 0 Å². The lowest BCUT2D eigenvalue weighted by Crippen LogP contribution is -2.65. The molecule has 0 aliphatic carbocycles. The molecule has 0 radical (unpaired) electrons. The Kier molecular flexibility index (Phi) is 19.0. The summed E-state index contributed by atoms with van der Waals surface area (Å²) >= 11 is 0. The molecule has 4 aliphatic rings. The van der Waals surface area contributed by atoms with Crippen molar-refractivity contribution in [1.82, 2.24) is 19.1 Å². The lowest BCUT2D eigenvalue weighted by molar-refractivity contribution is -0.130. The summed E-state index contributed by atoms with van der Waals surface area (Å²) in [6.45, 7) is 37.1. The normalized spacial score (nSPS) is 27.4. The number of ketones is 3. The van der Waals surface area contributed by atoms with Gasteiger partial charge in [-0.3, -0.25) is 23.5 Å². The van der Waals surface area contributed by atoms with Gasteiger partial charge in [-0.2, -0.15) is 9.97 Å². The number of nitrogens with zero attached hydrogens (tertiary/aromatic N) is 4. The summed E-state index contributed by atoms with van der Waals surface area (Å²) in [5.74, 6) is -0.520. The molecule has 2 aromatic heterocycles. The number of aliphatic hydroxyl groups is 1. The Bertz CT molecular complexity index is 2250. The van der Waals surface area contributed by atoms with Gasteiger partial charge in [0, 0.05) is 25.2 Å². The minimum atomic E-state index is -2.98. The number of hydrogen-bond donors (Lipinski definition) is 1. The molecular formula is C48H82N4O14Si4. The van der Waals surface area contributed by atoms with Gasteiger partial charge < -0.3 is 40.5 Å². The predicted molar refractivity (Wildman–Crippen MR) is 272 cm³/mol. The minimum absolute atomic E-state index is 0.0586. The fraction of sp³-hybridized carbons (Fsp3) is 0.771. The summed E-state index contributed by atoms with van der Waals surface area (Å²) < 4.78 is 56.1. The molecule has 0 spiro atoms. The van der Waals surface area contributed by atoms with Gasteiger partial charge in [-0.05, 0) is 70.3 Å². The quantitative estimate of drug-likeness (QED) is 0.183. The molecule has 0 bridgehead atoms. The maximum absolute atomic E-state index is 13.6. The molecule has 18 nitrogen and oxygen atoms in total. The number of aliphatic hydroxyl groups excluding tert-OH is 1. The van der Waals surface area contributed by atoms with Crippen LogP contribution in [-0.4, -0.2) is 120 Å². The van der Waals surface area contributed by atoms with Crippen LogP contribution in [0.25, 0.3) is 0 Å². The monoisotopic (exact) mass is 1050 g/mol. The van der Waals surface area contributed by atoms with Gasteiger partial charge in [0.05, 0.1) is 24.6 Å². The van der Waals surface area contributed by atoms with Gasteiger partial charge in [-0.15, -0.1) is 0 Å². The van der Waals surface area contributed by atoms with E-state index in [0.717, 1.165) is 0 Å². The van der Waals surface area contributed by atoms with Crippen LogP contribution in [0.2, 0.25) is 44.3 Å². The largest absolute Gasteiger partial charge is 0.414 e. The predicted octanol–water partition coefficient (Wildman–Crippen LogP) is 7.39. The van der Waals surface area contributed by atoms with Crippen LogP contribution < -0.4 is 11.4 Å². The molecule has 4 fully saturated rings. The molecular weight excluding hydrogens is 969 g/mol. The molecule has 70 heavy (non-hydrogen) atoms. The second-order valence-corrected chi connectivity index (χ2v) is 39.7. The summed E-state index contributed by atoms with van der Waals surface area (Å²) in [7, 11) is -11.4. The smallest absolute Gasteiger partial charge is 0.350 e. The fourth-order valence-corrected chi connectivity index (χ4v) is 32.9. The molecule has 0 saturated carbocycles. The Balaban J connectivity index is 0.000000261. The zero-order valence-corrected chi connectivity index (χ0v) is 48.8. The molecule has 0 aromatic carbocycles. The van der Waals surface area contributed by atoms with Crippen molar-refractivity contribution in [2.75, 3.05) is 13.2 Å². The van der Waals surface area contributed by atoms with Gasteiger partial charge >= 0.3 is 45.6 Å². The maximum atomic E-state index is 13.6. The zero-order valence-electron chi connectivity index (χ0n) is 44.8. The van der Waals surface area contributed by atoms with Gasteiger partial charge in [0.1, 0.15) is 42.1 Å². The number of rotatable bonds is 14. The highest BCUT2D eigenvalue weighted by molar-refractivity contribution is 6.84. The van der Waals surface area contributed by atoms with E-state index in [2.05, 4.69) is 121 Å². The summed E-state index contributed by atoms with van der Waals surface area (Å²) in [4.78, 5) is 70.0. The zero-order chi connectivity index (χ0) is 52.6. The van der Waals surface area contributed by atoms with Crippen LogP contribution in [0.15, 0.2) is 34.1 Å². The van der Waals surface area contributed by atoms with Crippen LogP contribution in [0.1, 0.15) is 148 Å². The number of carbonyl (C=O) groups is 3. The Morgan fingerprint density at radius 2 is 0.971 bits per heavy atom. The Morgan fingerprint density at radius 3 is 1.36 bits per heavy atom. The SMILES string of the molecule is CC(=O)Cc1ccn([C@@H]2O[C@@H]3CO[Si](C(C)C)(C(C)C)O[Si](C(C)C)(C(C)C)O[C@H]3C2=O)c(=O)n1.CC(=O)Cc1ccn([C@@H]2O[C@@H]3CO[Si](C(C)C)(C(C)C)O[Si](C(C)C)(C(C)C)O[C@H]3[C@H]2O)c(=O)n1. The highest BCUT2D eigenvalue weighted by Gasteiger charge is 2.63. The first-order valence-electron chi connectivity index (χ1n) is 25.2. The minimum Gasteiger partial charge on any atom is -0.414 e. The summed E-state index contributed by atoms with van der Waals surface area (Å²) in [6.07, 6.45) is -2.94. The lowest BCUT2D eigenvalue weighted by atomic mass is 10.1. The van der Waals surface area contributed by atoms with Gasteiger partial charge in [0.2, 0.25) is 12.0 Å². The topological polar surface area (TPSA) is 215 Å². The third-order valence-electron chi connectivity index (χ3n) is 14.3. The molecule has 7 atom stereocenters. The fourth-order valence-electron chi connectivity index (χ4n) is 10.6. The first-order chi connectivity index (χ1) is 32.5. The van der Waals surface area contributed by atoms with Crippen molar-refractivity contribution in [1.29, 1.82) is 0 Å². The van der Waals surface area contributed by atoms with E-state index in [0.29, 0.717) is 11.4 Å². The maximum Gasteiger partial charge on any atom is 0.350 e. The van der Waals surface area contributed by atoms with Gasteiger partial charge in [0.25, 0.3) is 0 Å². The van der Waals surface area contributed by atoms with Crippen molar-refractivity contribution in [3.8, 4) is 0 Å². The molecule has 1 N–H and O–H groups in total. The Morgan fingerprint density at radius 1 is 0.586 bits per heavy atom. The number of fused-ring (bicyclic) bond motifs is 2. The molecule has 22 heteroatoms. The summed E-state index contributed by atoms with van der Waals surface area (Å²) in [5, 5.41) is 11.4. The van der Waals surface area contributed by atoms with Crippen LogP contribution in [0.5, 0.6) is 0 Å². The first kappa shape index (κ1) is 58.2. The van der Waals surface area contributed by atoms with Crippen LogP contribution in [-0.2, 0) is 62.6 Å². The van der Waals surface area contributed by atoms with Crippen LogP contribution in [0.3, 0.4) is 0 Å². The van der Waals surface area contributed by atoms with Crippen molar-refractivity contribution in [2.45, 2.75) is 225 Å². The molecule has 4 saturated heterocycles. The first-order valence-corrected chi connectivity index (χ1v) is 33.1. The molecule has 6 rings (SSSR count). The standard InChI is InChI=1S/C24H42N2O7Si2.C24H40N2O7Si2/c2*1-14(2)34(15(3)4)30-13-20-22(32-35(33-34,16(5)6)17(7)8)21(28)23(31-20)26-11-10-19(12-18(9)27)25-24(26)29/h10-11,14-17,20-23,28H,12-13H2,1-9H3;10-11,14-17,20,22-23H,12-13H2,1-9H3/t20-,21-,22-,23-;20-,22-,23-/m11/s1. The Labute approximate surface area is 418 Å². The number of ether oxygens (including phenoxy) is 2. The van der Waals surface area contributed by atoms with Crippen molar-refractivity contribution < 1.29 is 54.9 Å². The molecule has 0 unspecified atom stereocenters. The number of Topliss-reactive ketones (excluding diaryl/α,β-unsaturated/α-hetero) is 3. The van der Waals surface area contributed by atoms with Crippen molar-refractivity contribution in [3.63, 3.8) is 0 Å². The van der Waals surface area contributed by atoms with Crippen LogP contribution in [0, 0.1) is 0 Å². The van der Waals surface area contributed by atoms with E-state index in [-0.39, 0.29) is 87.7 Å². The number of hydrogen-bond acceptors (Lipinski definition) is 16. The van der Waals surface area contributed by atoms with Crippen molar-refractivity contribution in [3.05, 3.63) is 56.9 Å². The lowest BCUT2D eigenvalue weighted by Gasteiger charge is -2.51. The van der Waals surface area contributed by atoms with E-state index in [1.165, 1.54) is 35.4 Å². The second-order valence-electron chi connectivity index (χ2n) is 22.0. The van der Waals surface area contributed by atoms with Gasteiger partial charge in [-0.25, -0.2) is 9.59 Å². The number of carbonyl (C=O) groups excluding carboxylic acids is 3. The molecule has 394 valence electrons. The molecule has 4 aliphatic heterocycles. The van der Waals surface area contributed by atoms with Gasteiger partial charge in [-0.1, -0.05) is 111 Å². The van der Waals surface area contributed by atoms with E-state index in [1.54, 1.807) is 12.1 Å². The average Bonchev–Trinajstić information content (AvgIpc) is 3.69.